The van der Waals surface area contributed by atoms with Gasteiger partial charge in [0.1, 0.15) is 0 Å². The van der Waals surface area contributed by atoms with E-state index in [9.17, 15) is 4.79 Å². The molecule has 132 valence electrons. The molecule has 2 aliphatic rings. The van der Waals surface area contributed by atoms with Crippen molar-refractivity contribution in [3.8, 4) is 11.4 Å². The van der Waals surface area contributed by atoms with Crippen LogP contribution >= 0.6 is 0 Å². The number of benzene rings is 1. The van der Waals surface area contributed by atoms with Gasteiger partial charge in [0, 0.05) is 18.6 Å². The Morgan fingerprint density at radius 1 is 1.20 bits per heavy atom. The van der Waals surface area contributed by atoms with Gasteiger partial charge >= 0.3 is 0 Å². The van der Waals surface area contributed by atoms with Crippen LogP contribution in [0.5, 0.6) is 5.75 Å². The average molecular weight is 340 g/mol. The lowest BCUT2D eigenvalue weighted by atomic mass is 9.99. The number of fused-ring (bicyclic) bond motifs is 1. The lowest BCUT2D eigenvalue weighted by molar-refractivity contribution is 0.0907. The average Bonchev–Trinajstić information content (AvgIpc) is 3.27. The van der Waals surface area contributed by atoms with E-state index >= 15 is 0 Å². The highest BCUT2D eigenvalue weighted by Gasteiger charge is 2.37. The van der Waals surface area contributed by atoms with E-state index in [4.69, 9.17) is 4.74 Å². The molecule has 4 rings (SSSR count). The fraction of sp³-hybridized carbons (Fsp3) is 0.474. The third-order valence-electron chi connectivity index (χ3n) is 5.31. The molecule has 6 heteroatoms. The Morgan fingerprint density at radius 2 is 2.04 bits per heavy atom. The number of carbonyl (C=O) groups is 1. The molecular weight excluding hydrogens is 316 g/mol. The van der Waals surface area contributed by atoms with E-state index in [0.717, 1.165) is 25.2 Å². The van der Waals surface area contributed by atoms with E-state index in [0.29, 0.717) is 17.5 Å². The van der Waals surface area contributed by atoms with Crippen molar-refractivity contribution < 1.29 is 9.53 Å². The maximum atomic E-state index is 12.8. The van der Waals surface area contributed by atoms with Gasteiger partial charge in [-0.25, -0.2) is 4.68 Å². The molecule has 2 atom stereocenters. The van der Waals surface area contributed by atoms with Crippen molar-refractivity contribution in [2.24, 2.45) is 0 Å². The van der Waals surface area contributed by atoms with Gasteiger partial charge in [-0.1, -0.05) is 24.6 Å². The van der Waals surface area contributed by atoms with Gasteiger partial charge < -0.3 is 10.1 Å². The second kappa shape index (κ2) is 6.88. The molecule has 2 fully saturated rings. The van der Waals surface area contributed by atoms with Crippen LogP contribution in [0.1, 0.15) is 36.2 Å². The minimum Gasteiger partial charge on any atom is -0.493 e. The van der Waals surface area contributed by atoms with Crippen LogP contribution in [0.25, 0.3) is 5.69 Å². The first-order valence-electron chi connectivity index (χ1n) is 9.00. The summed E-state index contributed by atoms with van der Waals surface area (Å²) in [7, 11) is 1.57. The molecule has 0 bridgehead atoms. The zero-order valence-corrected chi connectivity index (χ0v) is 14.5. The number of rotatable bonds is 4. The van der Waals surface area contributed by atoms with Crippen molar-refractivity contribution in [2.45, 2.75) is 37.8 Å². The van der Waals surface area contributed by atoms with E-state index in [1.54, 1.807) is 18.0 Å². The Balaban J connectivity index is 1.53. The molecule has 0 spiro atoms. The summed E-state index contributed by atoms with van der Waals surface area (Å²) in [6.07, 6.45) is 6.45. The van der Waals surface area contributed by atoms with Crippen LogP contribution in [0.4, 0.5) is 0 Å². The summed E-state index contributed by atoms with van der Waals surface area (Å²) in [5, 5.41) is 7.66. The van der Waals surface area contributed by atoms with Crippen molar-refractivity contribution in [1.29, 1.82) is 0 Å². The fourth-order valence-corrected chi connectivity index (χ4v) is 4.03. The number of carbonyl (C=O) groups excluding carboxylic acids is 1. The van der Waals surface area contributed by atoms with Crippen molar-refractivity contribution in [3.05, 3.63) is 42.2 Å². The number of methoxy groups -OCH3 is 1. The van der Waals surface area contributed by atoms with Crippen molar-refractivity contribution in [3.63, 3.8) is 0 Å². The largest absolute Gasteiger partial charge is 0.493 e. The monoisotopic (exact) mass is 340 g/mol. The van der Waals surface area contributed by atoms with E-state index in [1.807, 2.05) is 30.3 Å². The first kappa shape index (κ1) is 16.1. The minimum atomic E-state index is -0.149. The zero-order chi connectivity index (χ0) is 17.2. The third-order valence-corrected chi connectivity index (χ3v) is 5.31. The van der Waals surface area contributed by atoms with Gasteiger partial charge in [-0.05, 0) is 37.9 Å². The van der Waals surface area contributed by atoms with Crippen molar-refractivity contribution in [1.82, 2.24) is 20.0 Å². The van der Waals surface area contributed by atoms with Crippen LogP contribution in [0.3, 0.4) is 0 Å². The highest BCUT2D eigenvalue weighted by atomic mass is 16.5. The summed E-state index contributed by atoms with van der Waals surface area (Å²) in [6, 6.07) is 10.4. The first-order chi connectivity index (χ1) is 12.3. The predicted molar refractivity (Wildman–Crippen MR) is 95.2 cm³/mol. The number of para-hydroxylation sites is 1. The number of amides is 1. The Hall–Kier alpha value is -2.34. The number of aromatic nitrogens is 2. The molecule has 25 heavy (non-hydrogen) atoms. The van der Waals surface area contributed by atoms with Crippen LogP contribution in [-0.2, 0) is 0 Å². The molecular formula is C19H24N4O2. The van der Waals surface area contributed by atoms with Crippen LogP contribution in [-0.4, -0.2) is 52.9 Å². The van der Waals surface area contributed by atoms with Crippen LogP contribution < -0.4 is 10.1 Å². The van der Waals surface area contributed by atoms with Gasteiger partial charge in [-0.15, -0.1) is 0 Å². The molecule has 2 saturated heterocycles. The predicted octanol–water partition coefficient (Wildman–Crippen LogP) is 2.24. The lowest BCUT2D eigenvalue weighted by Crippen LogP contribution is -2.46. The number of hydrogen-bond donors (Lipinski definition) is 1. The third kappa shape index (κ3) is 3.14. The van der Waals surface area contributed by atoms with E-state index in [2.05, 4.69) is 15.3 Å². The summed E-state index contributed by atoms with van der Waals surface area (Å²) in [6.45, 7) is 2.23. The van der Waals surface area contributed by atoms with Crippen LogP contribution in [0.2, 0.25) is 0 Å². The number of nitrogens with zero attached hydrogens (tertiary/aromatic N) is 3. The van der Waals surface area contributed by atoms with Gasteiger partial charge in [0.05, 0.1) is 19.0 Å². The molecule has 6 nitrogen and oxygen atoms in total. The molecule has 2 aliphatic heterocycles. The summed E-state index contributed by atoms with van der Waals surface area (Å²) in [5.41, 5.74) is 1.25. The Bertz CT molecular complexity index is 743. The molecule has 1 N–H and O–H groups in total. The standard InChI is InChI=1S/C19H24N4O2/c1-25-17-13-23(14-7-3-2-4-8-14)21-18(17)19(24)20-15-10-12-22-11-6-5-9-16(15)22/h2-4,7-8,13,15-16H,5-6,9-12H2,1H3,(H,20,24). The molecule has 0 saturated carbocycles. The SMILES string of the molecule is COc1cn(-c2ccccc2)nc1C(=O)NC1CCN2CCCCC12. The zero-order valence-electron chi connectivity index (χ0n) is 14.5. The minimum absolute atomic E-state index is 0.149. The topological polar surface area (TPSA) is 59.4 Å². The fourth-order valence-electron chi connectivity index (χ4n) is 4.03. The molecule has 2 aromatic rings. The summed E-state index contributed by atoms with van der Waals surface area (Å²) in [4.78, 5) is 15.3. The summed E-state index contributed by atoms with van der Waals surface area (Å²) >= 11 is 0. The van der Waals surface area contributed by atoms with E-state index in [1.165, 1.54) is 19.3 Å². The number of piperidine rings is 1. The van der Waals surface area contributed by atoms with Gasteiger partial charge in [0.2, 0.25) is 0 Å². The first-order valence-corrected chi connectivity index (χ1v) is 9.00. The van der Waals surface area contributed by atoms with Gasteiger partial charge in [-0.2, -0.15) is 5.10 Å². The molecule has 1 aromatic carbocycles. The van der Waals surface area contributed by atoms with Gasteiger partial charge in [-0.3, -0.25) is 9.69 Å². The van der Waals surface area contributed by atoms with Gasteiger partial charge in [0.25, 0.3) is 5.91 Å². The van der Waals surface area contributed by atoms with Crippen LogP contribution in [0, 0.1) is 0 Å². The van der Waals surface area contributed by atoms with Crippen molar-refractivity contribution >= 4 is 5.91 Å². The maximum Gasteiger partial charge on any atom is 0.275 e. The smallest absolute Gasteiger partial charge is 0.275 e. The second-order valence-corrected chi connectivity index (χ2v) is 6.79. The van der Waals surface area contributed by atoms with E-state index in [-0.39, 0.29) is 11.9 Å². The highest BCUT2D eigenvalue weighted by molar-refractivity contribution is 5.95. The summed E-state index contributed by atoms with van der Waals surface area (Å²) in [5.74, 6) is 0.351. The molecule has 1 aromatic heterocycles. The second-order valence-electron chi connectivity index (χ2n) is 6.79. The lowest BCUT2D eigenvalue weighted by Gasteiger charge is -2.32. The number of ether oxygens (including phenoxy) is 1. The van der Waals surface area contributed by atoms with Crippen molar-refractivity contribution in [2.75, 3.05) is 20.2 Å². The Labute approximate surface area is 147 Å². The number of hydrogen-bond acceptors (Lipinski definition) is 4. The van der Waals surface area contributed by atoms with Gasteiger partial charge in [0.15, 0.2) is 11.4 Å². The molecule has 0 aliphatic carbocycles. The normalized spacial score (nSPS) is 23.2. The molecule has 3 heterocycles. The highest BCUT2D eigenvalue weighted by Crippen LogP contribution is 2.28. The number of nitrogens with one attached hydrogen (secondary N) is 1. The van der Waals surface area contributed by atoms with Crippen LogP contribution in [0.15, 0.2) is 36.5 Å². The quantitative estimate of drug-likeness (QED) is 0.927. The maximum absolute atomic E-state index is 12.8. The molecule has 0 radical (unpaired) electrons. The Morgan fingerprint density at radius 3 is 2.84 bits per heavy atom. The summed E-state index contributed by atoms with van der Waals surface area (Å²) < 4.78 is 7.07. The molecule has 2 unspecified atom stereocenters. The van der Waals surface area contributed by atoms with E-state index < -0.39 is 0 Å². The Kier molecular flexibility index (Phi) is 4.44. The molecule has 1 amide bonds.